The normalized spacial score (nSPS) is 30.0. The molecule has 16 heavy (non-hydrogen) atoms. The van der Waals surface area contributed by atoms with E-state index in [-0.39, 0.29) is 6.54 Å². The molecule has 1 aliphatic carbocycles. The Morgan fingerprint density at radius 2 is 2.31 bits per heavy atom. The van der Waals surface area contributed by atoms with E-state index in [1.54, 1.807) is 4.90 Å². The Labute approximate surface area is 92.3 Å². The van der Waals surface area contributed by atoms with Crippen molar-refractivity contribution < 1.29 is 13.9 Å². The second-order valence-electron chi connectivity index (χ2n) is 4.68. The molecule has 1 aromatic heterocycles. The van der Waals surface area contributed by atoms with Gasteiger partial charge in [-0.3, -0.25) is 0 Å². The number of nitrogens with zero attached hydrogens (tertiary/aromatic N) is 3. The molecule has 0 bridgehead atoms. The monoisotopic (exact) mass is 227 g/mol. The van der Waals surface area contributed by atoms with Gasteiger partial charge in [-0.2, -0.15) is 0 Å². The number of anilines is 1. The van der Waals surface area contributed by atoms with Gasteiger partial charge in [0.1, 0.15) is 0 Å². The quantitative estimate of drug-likeness (QED) is 0.829. The second kappa shape index (κ2) is 3.41. The van der Waals surface area contributed by atoms with Crippen LogP contribution in [0.15, 0.2) is 4.42 Å². The zero-order valence-electron chi connectivity index (χ0n) is 8.90. The Morgan fingerprint density at radius 1 is 1.50 bits per heavy atom. The van der Waals surface area contributed by atoms with Gasteiger partial charge in [0.2, 0.25) is 5.89 Å². The van der Waals surface area contributed by atoms with E-state index in [0.29, 0.717) is 30.8 Å². The fourth-order valence-corrected chi connectivity index (χ4v) is 1.98. The molecule has 1 atom stereocenters. The topological polar surface area (TPSA) is 62.4 Å². The van der Waals surface area contributed by atoms with Gasteiger partial charge in [0.05, 0.1) is 13.2 Å². The number of aromatic nitrogens is 2. The number of rotatable bonds is 3. The van der Waals surface area contributed by atoms with Gasteiger partial charge < -0.3 is 14.4 Å². The predicted octanol–water partition coefficient (Wildman–Crippen LogP) is 0.858. The van der Waals surface area contributed by atoms with Crippen molar-refractivity contribution in [2.45, 2.75) is 30.8 Å². The van der Waals surface area contributed by atoms with Crippen molar-refractivity contribution in [2.24, 2.45) is 0 Å². The Balaban J connectivity index is 1.72. The van der Waals surface area contributed by atoms with Crippen molar-refractivity contribution in [1.82, 2.24) is 10.2 Å². The first-order valence-electron chi connectivity index (χ1n) is 5.58. The minimum atomic E-state index is -1.52. The molecular weight excluding hydrogens is 213 g/mol. The van der Waals surface area contributed by atoms with Crippen molar-refractivity contribution in [1.29, 1.82) is 0 Å². The van der Waals surface area contributed by atoms with E-state index in [2.05, 4.69) is 10.2 Å². The van der Waals surface area contributed by atoms with Crippen LogP contribution in [0.5, 0.6) is 0 Å². The van der Waals surface area contributed by atoms with Crippen LogP contribution in [-0.2, 0) is 0 Å². The van der Waals surface area contributed by atoms with Crippen LogP contribution < -0.4 is 4.90 Å². The summed E-state index contributed by atoms with van der Waals surface area (Å²) in [5.74, 6) is 1.08. The first-order chi connectivity index (χ1) is 7.70. The van der Waals surface area contributed by atoms with Crippen molar-refractivity contribution in [3.8, 4) is 0 Å². The van der Waals surface area contributed by atoms with Crippen LogP contribution >= 0.6 is 0 Å². The minimum Gasteiger partial charge on any atom is -0.408 e. The Hall–Kier alpha value is -1.17. The van der Waals surface area contributed by atoms with Gasteiger partial charge in [0.25, 0.3) is 0 Å². The lowest BCUT2D eigenvalue weighted by Gasteiger charge is -2.16. The van der Waals surface area contributed by atoms with E-state index in [1.165, 1.54) is 0 Å². The number of aliphatic hydroxyl groups is 1. The fraction of sp³-hybridized carbons (Fsp3) is 0.800. The average molecular weight is 227 g/mol. The summed E-state index contributed by atoms with van der Waals surface area (Å²) in [7, 11) is 0. The van der Waals surface area contributed by atoms with Gasteiger partial charge in [-0.15, -0.1) is 5.10 Å². The lowest BCUT2D eigenvalue weighted by atomic mass is 10.1. The van der Waals surface area contributed by atoms with E-state index < -0.39 is 12.3 Å². The van der Waals surface area contributed by atoms with E-state index >= 15 is 0 Å². The summed E-state index contributed by atoms with van der Waals surface area (Å²) in [4.78, 5) is 1.70. The summed E-state index contributed by atoms with van der Waals surface area (Å²) in [5.41, 5.74) is -1.52. The van der Waals surface area contributed by atoms with Crippen molar-refractivity contribution in [3.63, 3.8) is 0 Å². The molecule has 2 fully saturated rings. The first-order valence-corrected chi connectivity index (χ1v) is 5.58. The van der Waals surface area contributed by atoms with E-state index in [1.807, 2.05) is 0 Å². The van der Waals surface area contributed by atoms with Gasteiger partial charge in [-0.1, -0.05) is 5.10 Å². The largest absolute Gasteiger partial charge is 0.408 e. The molecule has 0 amide bonds. The smallest absolute Gasteiger partial charge is 0.318 e. The molecule has 1 saturated heterocycles. The van der Waals surface area contributed by atoms with Gasteiger partial charge >= 0.3 is 6.01 Å². The molecule has 1 aliphatic heterocycles. The zero-order valence-corrected chi connectivity index (χ0v) is 8.90. The van der Waals surface area contributed by atoms with Crippen molar-refractivity contribution >= 4 is 6.01 Å². The molecular formula is C10H14FN3O2. The highest BCUT2D eigenvalue weighted by molar-refractivity contribution is 5.29. The maximum Gasteiger partial charge on any atom is 0.318 e. The fourth-order valence-electron chi connectivity index (χ4n) is 1.98. The summed E-state index contributed by atoms with van der Waals surface area (Å²) >= 11 is 0. The molecule has 6 heteroatoms. The van der Waals surface area contributed by atoms with Crippen LogP contribution in [0.2, 0.25) is 0 Å². The van der Waals surface area contributed by atoms with Crippen molar-refractivity contribution in [2.75, 3.05) is 24.6 Å². The average Bonchev–Trinajstić information content (AvgIpc) is 2.89. The van der Waals surface area contributed by atoms with E-state index in [0.717, 1.165) is 12.8 Å². The highest BCUT2D eigenvalue weighted by Crippen LogP contribution is 2.40. The zero-order chi connectivity index (χ0) is 11.2. The standard InChI is InChI=1S/C10H14FN3O2/c11-10(6-15)3-4-14(5-10)9-13-12-8(16-9)7-1-2-7/h7,15H,1-6H2. The molecule has 0 spiro atoms. The predicted molar refractivity (Wildman–Crippen MR) is 54.0 cm³/mol. The summed E-state index contributed by atoms with van der Waals surface area (Å²) in [6, 6.07) is 0.384. The summed E-state index contributed by atoms with van der Waals surface area (Å²) in [6.45, 7) is 0.201. The molecule has 1 unspecified atom stereocenters. The molecule has 5 nitrogen and oxygen atoms in total. The SMILES string of the molecule is OCC1(F)CCN(c2nnc(C3CC3)o2)C1. The second-order valence-corrected chi connectivity index (χ2v) is 4.68. The Morgan fingerprint density at radius 3 is 2.94 bits per heavy atom. The third-order valence-corrected chi connectivity index (χ3v) is 3.21. The molecule has 2 heterocycles. The third kappa shape index (κ3) is 1.67. The molecule has 3 rings (SSSR count). The molecule has 0 radical (unpaired) electrons. The number of hydrogen-bond donors (Lipinski definition) is 1. The van der Waals surface area contributed by atoms with Crippen LogP contribution in [0.4, 0.5) is 10.4 Å². The van der Waals surface area contributed by atoms with Crippen LogP contribution in [0.25, 0.3) is 0 Å². The highest BCUT2D eigenvalue weighted by atomic mass is 19.1. The lowest BCUT2D eigenvalue weighted by Crippen LogP contribution is -2.32. The van der Waals surface area contributed by atoms with Crippen molar-refractivity contribution in [3.05, 3.63) is 5.89 Å². The molecule has 2 aliphatic rings. The van der Waals surface area contributed by atoms with Crippen LogP contribution in [0.1, 0.15) is 31.1 Å². The van der Waals surface area contributed by atoms with Crippen LogP contribution in [0.3, 0.4) is 0 Å². The van der Waals surface area contributed by atoms with Gasteiger partial charge in [-0.05, 0) is 12.8 Å². The summed E-state index contributed by atoms with van der Waals surface area (Å²) in [6.07, 6.45) is 2.52. The van der Waals surface area contributed by atoms with E-state index in [4.69, 9.17) is 9.52 Å². The minimum absolute atomic E-state index is 0.135. The molecule has 1 saturated carbocycles. The van der Waals surface area contributed by atoms with Crippen LogP contribution in [0, 0.1) is 0 Å². The summed E-state index contributed by atoms with van der Waals surface area (Å²) < 4.78 is 19.3. The van der Waals surface area contributed by atoms with Gasteiger partial charge in [-0.25, -0.2) is 4.39 Å². The Bertz CT molecular complexity index is 393. The third-order valence-electron chi connectivity index (χ3n) is 3.21. The Kier molecular flexibility index (Phi) is 2.14. The first kappa shape index (κ1) is 10.0. The maximum atomic E-state index is 13.8. The maximum absolute atomic E-state index is 13.8. The molecule has 1 N–H and O–H groups in total. The summed E-state index contributed by atoms with van der Waals surface area (Å²) in [5, 5.41) is 16.8. The van der Waals surface area contributed by atoms with Gasteiger partial charge in [0.15, 0.2) is 5.67 Å². The lowest BCUT2D eigenvalue weighted by molar-refractivity contribution is 0.0907. The highest BCUT2D eigenvalue weighted by Gasteiger charge is 2.40. The number of halogens is 1. The molecule has 0 aromatic carbocycles. The number of alkyl halides is 1. The van der Waals surface area contributed by atoms with Crippen LogP contribution in [-0.4, -0.2) is 40.7 Å². The number of hydrogen-bond acceptors (Lipinski definition) is 5. The molecule has 1 aromatic rings. The molecule has 88 valence electrons. The number of aliphatic hydroxyl groups excluding tert-OH is 1. The van der Waals surface area contributed by atoms with Gasteiger partial charge in [0, 0.05) is 18.9 Å². The van der Waals surface area contributed by atoms with E-state index in [9.17, 15) is 4.39 Å².